The highest BCUT2D eigenvalue weighted by molar-refractivity contribution is 6.51. The van der Waals surface area contributed by atoms with Crippen LogP contribution in [0, 0.1) is 6.92 Å². The molecule has 0 spiro atoms. The number of aliphatic hydroxyl groups is 1. The third-order valence-electron chi connectivity index (χ3n) is 6.32. The second-order valence-corrected chi connectivity index (χ2v) is 9.79. The summed E-state index contributed by atoms with van der Waals surface area (Å²) < 4.78 is 5.61. The molecular weight excluding hydrogens is 438 g/mol. The van der Waals surface area contributed by atoms with E-state index in [-0.39, 0.29) is 16.7 Å². The average molecular weight is 470 g/mol. The van der Waals surface area contributed by atoms with Gasteiger partial charge in [-0.2, -0.15) is 0 Å². The number of benzene rings is 3. The molecule has 1 aliphatic rings. The van der Waals surface area contributed by atoms with Gasteiger partial charge in [0.15, 0.2) is 0 Å². The summed E-state index contributed by atoms with van der Waals surface area (Å²) in [6.45, 7) is 10.7. The lowest BCUT2D eigenvalue weighted by molar-refractivity contribution is -0.132. The number of hydrogen-bond donors (Lipinski definition) is 1. The first-order valence-corrected chi connectivity index (χ1v) is 11.8. The van der Waals surface area contributed by atoms with Crippen LogP contribution in [0.2, 0.25) is 0 Å². The Morgan fingerprint density at radius 2 is 1.63 bits per heavy atom. The summed E-state index contributed by atoms with van der Waals surface area (Å²) >= 11 is 0. The summed E-state index contributed by atoms with van der Waals surface area (Å²) in [4.78, 5) is 28.2. The minimum atomic E-state index is -0.747. The predicted octanol–water partition coefficient (Wildman–Crippen LogP) is 6.32. The van der Waals surface area contributed by atoms with Crippen molar-refractivity contribution in [3.05, 3.63) is 101 Å². The molecule has 0 aliphatic carbocycles. The van der Waals surface area contributed by atoms with Crippen LogP contribution in [-0.4, -0.2) is 23.4 Å². The molecule has 5 heteroatoms. The molecule has 1 saturated heterocycles. The van der Waals surface area contributed by atoms with Crippen LogP contribution < -0.4 is 9.64 Å². The van der Waals surface area contributed by atoms with E-state index in [4.69, 9.17) is 4.74 Å². The van der Waals surface area contributed by atoms with Crippen molar-refractivity contribution >= 4 is 23.1 Å². The number of hydrogen-bond acceptors (Lipinski definition) is 4. The number of Topliss-reactive ketones (excluding diaryl/α,β-unsaturated/α-hetero) is 1. The molecule has 4 rings (SSSR count). The number of carbonyl (C=O) groups excluding carboxylic acids is 2. The van der Waals surface area contributed by atoms with Gasteiger partial charge in [0.25, 0.3) is 11.7 Å². The number of ketones is 1. The standard InChI is InChI=1S/C30H31NO4/c1-6-35-24-17-12-21(18-19(24)2)27(32)25-26(20-10-8-7-9-11-20)31(29(34)28(25)33)23-15-13-22(14-16-23)30(3,4)5/h7-18,26,32H,6H2,1-5H3/b27-25-. The van der Waals surface area contributed by atoms with E-state index >= 15 is 0 Å². The molecule has 5 nitrogen and oxygen atoms in total. The van der Waals surface area contributed by atoms with Crippen LogP contribution in [0.15, 0.2) is 78.4 Å². The topological polar surface area (TPSA) is 66.8 Å². The zero-order valence-electron chi connectivity index (χ0n) is 20.8. The lowest BCUT2D eigenvalue weighted by atomic mass is 9.87. The molecule has 1 fully saturated rings. The Morgan fingerprint density at radius 1 is 0.971 bits per heavy atom. The first-order chi connectivity index (χ1) is 16.6. The van der Waals surface area contributed by atoms with Gasteiger partial charge in [-0.15, -0.1) is 0 Å². The fourth-order valence-corrected chi connectivity index (χ4v) is 4.44. The van der Waals surface area contributed by atoms with Gasteiger partial charge in [-0.25, -0.2) is 0 Å². The van der Waals surface area contributed by atoms with Crippen molar-refractivity contribution in [2.24, 2.45) is 0 Å². The van der Waals surface area contributed by atoms with E-state index < -0.39 is 17.7 Å². The van der Waals surface area contributed by atoms with E-state index in [1.807, 2.05) is 68.4 Å². The van der Waals surface area contributed by atoms with Crippen molar-refractivity contribution in [1.29, 1.82) is 0 Å². The predicted molar refractivity (Wildman–Crippen MR) is 139 cm³/mol. The van der Waals surface area contributed by atoms with E-state index in [0.29, 0.717) is 23.6 Å². The molecule has 0 saturated carbocycles. The number of nitrogens with zero attached hydrogens (tertiary/aromatic N) is 1. The molecule has 0 aromatic heterocycles. The lowest BCUT2D eigenvalue weighted by Crippen LogP contribution is -2.29. The summed E-state index contributed by atoms with van der Waals surface area (Å²) in [7, 11) is 0. The van der Waals surface area contributed by atoms with Gasteiger partial charge >= 0.3 is 0 Å². The Bertz CT molecular complexity index is 1280. The van der Waals surface area contributed by atoms with Crippen molar-refractivity contribution in [2.75, 3.05) is 11.5 Å². The summed E-state index contributed by atoms with van der Waals surface area (Å²) in [5, 5.41) is 11.3. The average Bonchev–Trinajstić information content (AvgIpc) is 3.10. The van der Waals surface area contributed by atoms with Gasteiger partial charge in [0.05, 0.1) is 18.2 Å². The lowest BCUT2D eigenvalue weighted by Gasteiger charge is -2.26. The van der Waals surface area contributed by atoms with Crippen molar-refractivity contribution in [2.45, 2.75) is 46.1 Å². The van der Waals surface area contributed by atoms with Gasteiger partial charge < -0.3 is 9.84 Å². The number of rotatable bonds is 5. The van der Waals surface area contributed by atoms with Crippen LogP contribution in [0.5, 0.6) is 5.75 Å². The van der Waals surface area contributed by atoms with Crippen LogP contribution in [0.4, 0.5) is 5.69 Å². The Morgan fingerprint density at radius 3 is 2.20 bits per heavy atom. The third-order valence-corrected chi connectivity index (χ3v) is 6.32. The summed E-state index contributed by atoms with van der Waals surface area (Å²) in [5.74, 6) is -0.852. The maximum absolute atomic E-state index is 13.3. The Balaban J connectivity index is 1.87. The van der Waals surface area contributed by atoms with Crippen molar-refractivity contribution in [1.82, 2.24) is 0 Å². The largest absolute Gasteiger partial charge is 0.507 e. The molecular formula is C30H31NO4. The van der Waals surface area contributed by atoms with E-state index in [2.05, 4.69) is 20.8 Å². The number of aryl methyl sites for hydroxylation is 1. The maximum Gasteiger partial charge on any atom is 0.300 e. The molecule has 3 aromatic carbocycles. The molecule has 1 heterocycles. The number of carbonyl (C=O) groups is 2. The normalized spacial score (nSPS) is 17.6. The van der Waals surface area contributed by atoms with Crippen LogP contribution >= 0.6 is 0 Å². The molecule has 1 amide bonds. The zero-order valence-corrected chi connectivity index (χ0v) is 20.8. The highest BCUT2D eigenvalue weighted by Gasteiger charge is 2.47. The highest BCUT2D eigenvalue weighted by atomic mass is 16.5. The molecule has 35 heavy (non-hydrogen) atoms. The summed E-state index contributed by atoms with van der Waals surface area (Å²) in [5.41, 5.74) is 3.80. The molecule has 3 aromatic rings. The van der Waals surface area contributed by atoms with Gasteiger partial charge in [0.1, 0.15) is 11.5 Å². The molecule has 180 valence electrons. The van der Waals surface area contributed by atoms with Crippen LogP contribution in [0.1, 0.15) is 56.0 Å². The number of amides is 1. The van der Waals surface area contributed by atoms with Crippen molar-refractivity contribution < 1.29 is 19.4 Å². The van der Waals surface area contributed by atoms with Gasteiger partial charge in [0, 0.05) is 11.3 Å². The van der Waals surface area contributed by atoms with E-state index in [1.165, 1.54) is 4.90 Å². The van der Waals surface area contributed by atoms with Crippen LogP contribution in [-0.2, 0) is 15.0 Å². The first kappa shape index (κ1) is 24.3. The Kier molecular flexibility index (Phi) is 6.53. The smallest absolute Gasteiger partial charge is 0.300 e. The van der Waals surface area contributed by atoms with Gasteiger partial charge in [-0.1, -0.05) is 63.2 Å². The van der Waals surface area contributed by atoms with Crippen LogP contribution in [0.3, 0.4) is 0 Å². The minimum absolute atomic E-state index is 0.0446. The Labute approximate surface area is 206 Å². The minimum Gasteiger partial charge on any atom is -0.507 e. The number of ether oxygens (including phenoxy) is 1. The maximum atomic E-state index is 13.3. The summed E-state index contributed by atoms with van der Waals surface area (Å²) in [6.07, 6.45) is 0. The van der Waals surface area contributed by atoms with Crippen molar-refractivity contribution in [3.8, 4) is 5.75 Å². The second kappa shape index (κ2) is 9.41. The number of aliphatic hydroxyl groups excluding tert-OH is 1. The molecule has 0 bridgehead atoms. The SMILES string of the molecule is CCOc1ccc(/C(O)=C2/C(=O)C(=O)N(c3ccc(C(C)(C)C)cc3)C2c2ccccc2)cc1C. The molecule has 1 N–H and O–H groups in total. The fourth-order valence-electron chi connectivity index (χ4n) is 4.44. The van der Waals surface area contributed by atoms with E-state index in [1.54, 1.807) is 18.2 Å². The molecule has 1 unspecified atom stereocenters. The first-order valence-electron chi connectivity index (χ1n) is 11.8. The molecule has 1 aliphatic heterocycles. The fraction of sp³-hybridized carbons (Fsp3) is 0.267. The Hall–Kier alpha value is -3.86. The van der Waals surface area contributed by atoms with E-state index in [0.717, 1.165) is 16.7 Å². The van der Waals surface area contributed by atoms with Gasteiger partial charge in [-0.3, -0.25) is 14.5 Å². The monoisotopic (exact) mass is 469 g/mol. The van der Waals surface area contributed by atoms with Gasteiger partial charge in [0.2, 0.25) is 0 Å². The highest BCUT2D eigenvalue weighted by Crippen LogP contribution is 2.42. The molecule has 0 radical (unpaired) electrons. The third kappa shape index (κ3) is 4.59. The zero-order chi connectivity index (χ0) is 25.3. The van der Waals surface area contributed by atoms with Crippen LogP contribution in [0.25, 0.3) is 5.76 Å². The number of anilines is 1. The molecule has 1 atom stereocenters. The summed E-state index contributed by atoms with van der Waals surface area (Å²) in [6, 6.07) is 21.5. The quantitative estimate of drug-likeness (QED) is 0.270. The van der Waals surface area contributed by atoms with E-state index in [9.17, 15) is 14.7 Å². The second-order valence-electron chi connectivity index (χ2n) is 9.79. The van der Waals surface area contributed by atoms with Gasteiger partial charge in [-0.05, 0) is 66.3 Å². The van der Waals surface area contributed by atoms with Crippen molar-refractivity contribution in [3.63, 3.8) is 0 Å².